The highest BCUT2D eigenvalue weighted by molar-refractivity contribution is 6.29. The molecule has 0 saturated heterocycles. The molecule has 0 spiro atoms. The zero-order chi connectivity index (χ0) is 14.3. The maximum absolute atomic E-state index is 11.9. The van der Waals surface area contributed by atoms with Gasteiger partial charge in [0.05, 0.1) is 13.5 Å². The van der Waals surface area contributed by atoms with E-state index in [0.29, 0.717) is 10.7 Å². The van der Waals surface area contributed by atoms with E-state index in [2.05, 4.69) is 15.0 Å². The summed E-state index contributed by atoms with van der Waals surface area (Å²) in [6.45, 7) is 2.26. The van der Waals surface area contributed by atoms with Crippen LogP contribution in [0.25, 0.3) is 0 Å². The van der Waals surface area contributed by atoms with Crippen LogP contribution in [0.4, 0.5) is 0 Å². The van der Waals surface area contributed by atoms with Crippen molar-refractivity contribution in [1.29, 1.82) is 0 Å². The predicted molar refractivity (Wildman–Crippen MR) is 72.2 cm³/mol. The van der Waals surface area contributed by atoms with E-state index in [1.165, 1.54) is 13.2 Å². The fraction of sp³-hybridized carbons (Fsp3) is 0.462. The third-order valence-corrected chi connectivity index (χ3v) is 2.65. The molecule has 0 aromatic carbocycles. The molecule has 1 aromatic heterocycles. The van der Waals surface area contributed by atoms with Gasteiger partial charge in [0.15, 0.2) is 0 Å². The molecule has 104 valence electrons. The van der Waals surface area contributed by atoms with Crippen LogP contribution in [-0.4, -0.2) is 30.5 Å². The molecule has 5 nitrogen and oxygen atoms in total. The number of pyridine rings is 1. The average Bonchev–Trinajstić information content (AvgIpc) is 2.38. The molecule has 0 aliphatic rings. The second-order valence-corrected chi connectivity index (χ2v) is 4.39. The van der Waals surface area contributed by atoms with Crippen LogP contribution in [-0.2, 0) is 16.0 Å². The highest BCUT2D eigenvalue weighted by atomic mass is 35.5. The first-order chi connectivity index (χ1) is 9.06. The van der Waals surface area contributed by atoms with Crippen LogP contribution in [0, 0.1) is 0 Å². The van der Waals surface area contributed by atoms with Crippen LogP contribution in [0.2, 0.25) is 5.15 Å². The summed E-state index contributed by atoms with van der Waals surface area (Å²) >= 11 is 5.87. The van der Waals surface area contributed by atoms with Gasteiger partial charge in [-0.2, -0.15) is 0 Å². The summed E-state index contributed by atoms with van der Waals surface area (Å²) in [5.74, 6) is -0.634. The number of esters is 1. The highest BCUT2D eigenvalue weighted by Gasteiger charge is 2.09. The van der Waals surface area contributed by atoms with Gasteiger partial charge in [-0.1, -0.05) is 24.9 Å². The van der Waals surface area contributed by atoms with Crippen LogP contribution in [0.15, 0.2) is 12.1 Å². The molecule has 0 aliphatic heterocycles. The van der Waals surface area contributed by atoms with Gasteiger partial charge in [-0.3, -0.25) is 9.59 Å². The van der Waals surface area contributed by atoms with Gasteiger partial charge < -0.3 is 10.1 Å². The number of nitrogens with zero attached hydrogens (tertiary/aromatic N) is 1. The molecule has 0 unspecified atom stereocenters. The minimum Gasteiger partial charge on any atom is -0.469 e. The Hall–Kier alpha value is -1.62. The summed E-state index contributed by atoms with van der Waals surface area (Å²) in [5.41, 5.74) is 1.24. The van der Waals surface area contributed by atoms with E-state index >= 15 is 0 Å². The van der Waals surface area contributed by atoms with Gasteiger partial charge in [0, 0.05) is 17.8 Å². The van der Waals surface area contributed by atoms with Crippen LogP contribution in [0.5, 0.6) is 0 Å². The number of carbonyl (C=O) groups excluding carboxylic acids is 2. The molecule has 1 aromatic rings. The van der Waals surface area contributed by atoms with Crippen molar-refractivity contribution in [1.82, 2.24) is 10.3 Å². The maximum Gasteiger partial charge on any atom is 0.307 e. The Kier molecular flexibility index (Phi) is 6.29. The number of hydrogen-bond acceptors (Lipinski definition) is 4. The summed E-state index contributed by atoms with van der Waals surface area (Å²) in [6.07, 6.45) is 1.84. The van der Waals surface area contributed by atoms with Crippen molar-refractivity contribution in [3.8, 4) is 0 Å². The number of aryl methyl sites for hydroxylation is 1. The zero-order valence-electron chi connectivity index (χ0n) is 11.0. The first-order valence-electron chi connectivity index (χ1n) is 6.08. The lowest BCUT2D eigenvalue weighted by atomic mass is 10.1. The Morgan fingerprint density at radius 2 is 2.16 bits per heavy atom. The number of amides is 1. The molecular weight excluding hydrogens is 268 g/mol. The van der Waals surface area contributed by atoms with E-state index in [1.807, 2.05) is 6.92 Å². The number of rotatable bonds is 6. The fourth-order valence-corrected chi connectivity index (χ4v) is 1.77. The number of halogens is 1. The van der Waals surface area contributed by atoms with Gasteiger partial charge in [-0.15, -0.1) is 0 Å². The zero-order valence-corrected chi connectivity index (χ0v) is 11.8. The number of nitrogens with one attached hydrogen (secondary N) is 1. The van der Waals surface area contributed by atoms with E-state index in [1.54, 1.807) is 6.07 Å². The second kappa shape index (κ2) is 7.74. The molecule has 6 heteroatoms. The third-order valence-electron chi connectivity index (χ3n) is 2.46. The molecule has 0 fully saturated rings. The molecule has 1 rings (SSSR count). The Bertz CT molecular complexity index is 463. The van der Waals surface area contributed by atoms with Gasteiger partial charge in [-0.25, -0.2) is 4.98 Å². The summed E-state index contributed by atoms with van der Waals surface area (Å²) in [7, 11) is 1.31. The monoisotopic (exact) mass is 284 g/mol. The van der Waals surface area contributed by atoms with Gasteiger partial charge in [-0.05, 0) is 18.6 Å². The van der Waals surface area contributed by atoms with Crippen molar-refractivity contribution in [3.63, 3.8) is 0 Å². The molecule has 0 bridgehead atoms. The van der Waals surface area contributed by atoms with Gasteiger partial charge in [0.25, 0.3) is 5.91 Å². The number of hydrogen-bond donors (Lipinski definition) is 1. The molecule has 0 aliphatic carbocycles. The smallest absolute Gasteiger partial charge is 0.307 e. The summed E-state index contributed by atoms with van der Waals surface area (Å²) in [4.78, 5) is 26.9. The van der Waals surface area contributed by atoms with E-state index in [9.17, 15) is 9.59 Å². The van der Waals surface area contributed by atoms with Crippen molar-refractivity contribution in [2.75, 3.05) is 13.7 Å². The van der Waals surface area contributed by atoms with Gasteiger partial charge in [0.2, 0.25) is 0 Å². The van der Waals surface area contributed by atoms with Crippen molar-refractivity contribution in [3.05, 3.63) is 28.5 Å². The lowest BCUT2D eigenvalue weighted by Crippen LogP contribution is -2.26. The quantitative estimate of drug-likeness (QED) is 0.641. The topological polar surface area (TPSA) is 68.3 Å². The number of aromatic nitrogens is 1. The van der Waals surface area contributed by atoms with Crippen LogP contribution < -0.4 is 5.32 Å². The molecular formula is C13H17ClN2O3. The van der Waals surface area contributed by atoms with Crippen molar-refractivity contribution in [2.24, 2.45) is 0 Å². The van der Waals surface area contributed by atoms with Crippen LogP contribution in [0.1, 0.15) is 35.8 Å². The SMILES string of the molecule is CCCc1cc(C(=O)NCCC(=O)OC)cc(Cl)n1. The summed E-state index contributed by atoms with van der Waals surface area (Å²) in [6, 6.07) is 3.22. The molecule has 0 radical (unpaired) electrons. The van der Waals surface area contributed by atoms with Crippen molar-refractivity contribution >= 4 is 23.5 Å². The Balaban J connectivity index is 2.63. The van der Waals surface area contributed by atoms with Gasteiger partial charge in [0.1, 0.15) is 5.15 Å². The highest BCUT2D eigenvalue weighted by Crippen LogP contribution is 2.12. The normalized spacial score (nSPS) is 10.1. The summed E-state index contributed by atoms with van der Waals surface area (Å²) < 4.78 is 4.49. The number of ether oxygens (including phenoxy) is 1. The van der Waals surface area contributed by atoms with E-state index < -0.39 is 0 Å². The Morgan fingerprint density at radius 3 is 2.79 bits per heavy atom. The molecule has 19 heavy (non-hydrogen) atoms. The predicted octanol–water partition coefficient (Wildman–Crippen LogP) is 1.98. The first-order valence-corrected chi connectivity index (χ1v) is 6.46. The lowest BCUT2D eigenvalue weighted by Gasteiger charge is -2.06. The van der Waals surface area contributed by atoms with E-state index in [0.717, 1.165) is 18.5 Å². The Labute approximate surface area is 117 Å². The molecule has 0 saturated carbocycles. The number of carbonyl (C=O) groups is 2. The van der Waals surface area contributed by atoms with Crippen molar-refractivity contribution < 1.29 is 14.3 Å². The molecule has 1 N–H and O–H groups in total. The molecule has 1 heterocycles. The molecule has 1 amide bonds. The first kappa shape index (κ1) is 15.4. The average molecular weight is 285 g/mol. The van der Waals surface area contributed by atoms with Crippen molar-refractivity contribution in [2.45, 2.75) is 26.2 Å². The van der Waals surface area contributed by atoms with Crippen LogP contribution >= 0.6 is 11.6 Å². The largest absolute Gasteiger partial charge is 0.469 e. The standard InChI is InChI=1S/C13H17ClN2O3/c1-3-4-10-7-9(8-11(14)16-10)13(18)15-6-5-12(17)19-2/h7-8H,3-6H2,1-2H3,(H,15,18). The van der Waals surface area contributed by atoms with Crippen LogP contribution in [0.3, 0.4) is 0 Å². The minimum absolute atomic E-state index is 0.142. The lowest BCUT2D eigenvalue weighted by molar-refractivity contribution is -0.140. The van der Waals surface area contributed by atoms with E-state index in [4.69, 9.17) is 11.6 Å². The van der Waals surface area contributed by atoms with E-state index in [-0.39, 0.29) is 24.8 Å². The molecule has 0 atom stereocenters. The minimum atomic E-state index is -0.361. The van der Waals surface area contributed by atoms with Gasteiger partial charge >= 0.3 is 5.97 Å². The Morgan fingerprint density at radius 1 is 1.42 bits per heavy atom. The third kappa shape index (κ3) is 5.26. The second-order valence-electron chi connectivity index (χ2n) is 4.00. The fourth-order valence-electron chi connectivity index (χ4n) is 1.55. The summed E-state index contributed by atoms with van der Waals surface area (Å²) in [5, 5.41) is 2.93. The number of methoxy groups -OCH3 is 1. The maximum atomic E-state index is 11.9.